The van der Waals surface area contributed by atoms with Gasteiger partial charge >= 0.3 is 0 Å². The van der Waals surface area contributed by atoms with Crippen molar-refractivity contribution in [3.05, 3.63) is 35.4 Å². The van der Waals surface area contributed by atoms with Crippen molar-refractivity contribution in [3.8, 4) is 5.75 Å². The second-order valence-electron chi connectivity index (χ2n) is 4.96. The smallest absolute Gasteiger partial charge is 0.259 e. The van der Waals surface area contributed by atoms with Gasteiger partial charge in [0.05, 0.1) is 12.7 Å². The highest BCUT2D eigenvalue weighted by atomic mass is 16.5. The van der Waals surface area contributed by atoms with E-state index in [0.29, 0.717) is 23.5 Å². The summed E-state index contributed by atoms with van der Waals surface area (Å²) in [6, 6.07) is 7.16. The van der Waals surface area contributed by atoms with Gasteiger partial charge < -0.3 is 4.74 Å². The number of nitrogens with one attached hydrogen (secondary N) is 1. The molecule has 19 heavy (non-hydrogen) atoms. The highest BCUT2D eigenvalue weighted by Gasteiger charge is 2.31. The molecule has 1 N–H and O–H groups in total. The first kappa shape index (κ1) is 13.3. The number of benzene rings is 1. The predicted octanol–water partition coefficient (Wildman–Crippen LogP) is 2.15. The first-order valence-electron chi connectivity index (χ1n) is 6.26. The molecular formula is C15H17NO3. The Morgan fingerprint density at radius 2 is 1.74 bits per heavy atom. The summed E-state index contributed by atoms with van der Waals surface area (Å²) in [5.41, 5.74) is 1.81. The Bertz CT molecular complexity index is 541. The van der Waals surface area contributed by atoms with Gasteiger partial charge in [0.15, 0.2) is 0 Å². The van der Waals surface area contributed by atoms with Crippen LogP contribution in [0.2, 0.25) is 0 Å². The standard InChI is InChI=1S/C15H17NO3/c1-9(2)8-12-13(15(18)16-14(12)17)10-4-6-11(19-3)7-5-10/h4-7,9H,8H2,1-3H3,(H,16,17,18). The lowest BCUT2D eigenvalue weighted by Crippen LogP contribution is -2.23. The van der Waals surface area contributed by atoms with E-state index in [1.165, 1.54) is 0 Å². The molecule has 1 aromatic carbocycles. The van der Waals surface area contributed by atoms with E-state index in [-0.39, 0.29) is 11.8 Å². The third kappa shape index (κ3) is 2.67. The second kappa shape index (κ2) is 5.26. The van der Waals surface area contributed by atoms with Crippen molar-refractivity contribution in [1.29, 1.82) is 0 Å². The average molecular weight is 259 g/mol. The molecule has 0 radical (unpaired) electrons. The zero-order chi connectivity index (χ0) is 14.0. The van der Waals surface area contributed by atoms with Gasteiger partial charge in [0.2, 0.25) is 0 Å². The number of hydrogen-bond acceptors (Lipinski definition) is 3. The van der Waals surface area contributed by atoms with Crippen LogP contribution < -0.4 is 10.1 Å². The number of ether oxygens (including phenoxy) is 1. The molecule has 1 aromatic rings. The van der Waals surface area contributed by atoms with Crippen LogP contribution in [0.1, 0.15) is 25.8 Å². The highest BCUT2D eigenvalue weighted by molar-refractivity contribution is 6.35. The van der Waals surface area contributed by atoms with Gasteiger partial charge in [0, 0.05) is 5.57 Å². The molecule has 0 spiro atoms. The van der Waals surface area contributed by atoms with Crippen LogP contribution in [0.4, 0.5) is 0 Å². The fourth-order valence-corrected chi connectivity index (χ4v) is 2.16. The molecular weight excluding hydrogens is 242 g/mol. The van der Waals surface area contributed by atoms with Crippen LogP contribution >= 0.6 is 0 Å². The summed E-state index contributed by atoms with van der Waals surface area (Å²) in [6.07, 6.45) is 0.596. The van der Waals surface area contributed by atoms with Gasteiger partial charge in [-0.2, -0.15) is 0 Å². The zero-order valence-corrected chi connectivity index (χ0v) is 11.3. The van der Waals surface area contributed by atoms with Crippen LogP contribution in [0.3, 0.4) is 0 Å². The van der Waals surface area contributed by atoms with Crippen molar-refractivity contribution < 1.29 is 14.3 Å². The molecule has 0 bridgehead atoms. The van der Waals surface area contributed by atoms with Crippen molar-refractivity contribution in [3.63, 3.8) is 0 Å². The largest absolute Gasteiger partial charge is 0.497 e. The summed E-state index contributed by atoms with van der Waals surface area (Å²) in [6.45, 7) is 4.05. The monoisotopic (exact) mass is 259 g/mol. The van der Waals surface area contributed by atoms with Gasteiger partial charge in [0.25, 0.3) is 11.8 Å². The maximum atomic E-state index is 11.9. The summed E-state index contributed by atoms with van der Waals surface area (Å²) in [5, 5.41) is 2.37. The Hall–Kier alpha value is -2.10. The molecule has 4 nitrogen and oxygen atoms in total. The lowest BCUT2D eigenvalue weighted by molar-refractivity contribution is -0.123. The third-order valence-corrected chi connectivity index (χ3v) is 3.02. The summed E-state index contributed by atoms with van der Waals surface area (Å²) >= 11 is 0. The Balaban J connectivity index is 2.44. The molecule has 0 atom stereocenters. The number of hydrogen-bond donors (Lipinski definition) is 1. The van der Waals surface area contributed by atoms with Crippen molar-refractivity contribution in [2.24, 2.45) is 5.92 Å². The van der Waals surface area contributed by atoms with Crippen LogP contribution in [-0.4, -0.2) is 18.9 Å². The molecule has 2 amide bonds. The summed E-state index contributed by atoms with van der Waals surface area (Å²) in [5.74, 6) is 0.453. The molecule has 100 valence electrons. The van der Waals surface area contributed by atoms with E-state index in [4.69, 9.17) is 4.74 Å². The number of carbonyl (C=O) groups is 2. The van der Waals surface area contributed by atoms with E-state index in [2.05, 4.69) is 5.32 Å². The quantitative estimate of drug-likeness (QED) is 0.843. The summed E-state index contributed by atoms with van der Waals surface area (Å²) < 4.78 is 5.09. The van der Waals surface area contributed by atoms with E-state index < -0.39 is 0 Å². The molecule has 1 aliphatic rings. The van der Waals surface area contributed by atoms with Gasteiger partial charge in [-0.1, -0.05) is 26.0 Å². The van der Waals surface area contributed by atoms with Crippen LogP contribution in [-0.2, 0) is 9.59 Å². The number of methoxy groups -OCH3 is 1. The topological polar surface area (TPSA) is 55.4 Å². The van der Waals surface area contributed by atoms with E-state index in [1.54, 1.807) is 31.4 Å². The Labute approximate surface area is 112 Å². The molecule has 0 unspecified atom stereocenters. The highest BCUT2D eigenvalue weighted by Crippen LogP contribution is 2.29. The number of rotatable bonds is 4. The SMILES string of the molecule is COc1ccc(C2=C(CC(C)C)C(=O)NC2=O)cc1. The van der Waals surface area contributed by atoms with Gasteiger partial charge in [-0.15, -0.1) is 0 Å². The number of imide groups is 1. The molecule has 0 fully saturated rings. The minimum absolute atomic E-state index is 0.274. The Morgan fingerprint density at radius 1 is 1.11 bits per heavy atom. The molecule has 0 saturated heterocycles. The lowest BCUT2D eigenvalue weighted by Gasteiger charge is -2.07. The van der Waals surface area contributed by atoms with Gasteiger partial charge in [-0.05, 0) is 30.0 Å². The number of carbonyl (C=O) groups excluding carboxylic acids is 2. The molecule has 2 rings (SSSR count). The van der Waals surface area contributed by atoms with Gasteiger partial charge in [-0.3, -0.25) is 14.9 Å². The third-order valence-electron chi connectivity index (χ3n) is 3.02. The molecule has 0 aliphatic carbocycles. The predicted molar refractivity (Wildman–Crippen MR) is 72.5 cm³/mol. The van der Waals surface area contributed by atoms with Crippen LogP contribution in [0, 0.1) is 5.92 Å². The normalized spacial score (nSPS) is 15.2. The Morgan fingerprint density at radius 3 is 2.26 bits per heavy atom. The maximum absolute atomic E-state index is 11.9. The molecule has 0 aromatic heterocycles. The first-order valence-corrected chi connectivity index (χ1v) is 6.26. The van der Waals surface area contributed by atoms with Crippen molar-refractivity contribution in [2.75, 3.05) is 7.11 Å². The van der Waals surface area contributed by atoms with Crippen LogP contribution in [0.25, 0.3) is 5.57 Å². The summed E-state index contributed by atoms with van der Waals surface area (Å²) in [7, 11) is 1.59. The van der Waals surface area contributed by atoms with Gasteiger partial charge in [0.1, 0.15) is 5.75 Å². The van der Waals surface area contributed by atoms with E-state index in [0.717, 1.165) is 11.3 Å². The van der Waals surface area contributed by atoms with Gasteiger partial charge in [-0.25, -0.2) is 0 Å². The molecule has 1 aliphatic heterocycles. The second-order valence-corrected chi connectivity index (χ2v) is 4.96. The van der Waals surface area contributed by atoms with Crippen molar-refractivity contribution >= 4 is 17.4 Å². The lowest BCUT2D eigenvalue weighted by atomic mass is 9.95. The number of amides is 2. The zero-order valence-electron chi connectivity index (χ0n) is 11.3. The average Bonchev–Trinajstić information content (AvgIpc) is 2.64. The Kier molecular flexibility index (Phi) is 3.69. The fraction of sp³-hybridized carbons (Fsp3) is 0.333. The molecule has 1 heterocycles. The molecule has 0 saturated carbocycles. The van der Waals surface area contributed by atoms with E-state index >= 15 is 0 Å². The minimum Gasteiger partial charge on any atom is -0.497 e. The van der Waals surface area contributed by atoms with Crippen molar-refractivity contribution in [2.45, 2.75) is 20.3 Å². The minimum atomic E-state index is -0.314. The fourth-order valence-electron chi connectivity index (χ4n) is 2.16. The first-order chi connectivity index (χ1) is 9.02. The van der Waals surface area contributed by atoms with E-state index in [9.17, 15) is 9.59 Å². The van der Waals surface area contributed by atoms with Crippen LogP contribution in [0.15, 0.2) is 29.8 Å². The van der Waals surface area contributed by atoms with E-state index in [1.807, 2.05) is 13.8 Å². The van der Waals surface area contributed by atoms with Crippen LogP contribution in [0.5, 0.6) is 5.75 Å². The molecule has 4 heteroatoms. The van der Waals surface area contributed by atoms with Crippen molar-refractivity contribution in [1.82, 2.24) is 5.32 Å². The summed E-state index contributed by atoms with van der Waals surface area (Å²) in [4.78, 5) is 23.7. The maximum Gasteiger partial charge on any atom is 0.259 e.